The molecule has 0 aromatic carbocycles. The van der Waals surface area contributed by atoms with E-state index < -0.39 is 73.1 Å². The molecule has 0 bridgehead atoms. The zero-order chi connectivity index (χ0) is 19.9. The number of ether oxygens (including phenoxy) is 4. The van der Waals surface area contributed by atoms with Gasteiger partial charge in [0.25, 0.3) is 0 Å². The Morgan fingerprint density at radius 2 is 1.89 bits per heavy atom. The molecule has 5 N–H and O–H groups in total. The Kier molecular flexibility index (Phi) is 5.78. The molecular weight excluding hydrogens is 364 g/mol. The van der Waals surface area contributed by atoms with Gasteiger partial charge in [-0.3, -0.25) is 4.79 Å². The first-order valence-electron chi connectivity index (χ1n) is 8.83. The van der Waals surface area contributed by atoms with Crippen molar-refractivity contribution in [1.82, 2.24) is 0 Å². The second-order valence-corrected chi connectivity index (χ2v) is 7.45. The van der Waals surface area contributed by atoms with Crippen LogP contribution in [-0.2, 0) is 23.7 Å². The maximum absolute atomic E-state index is 11.5. The molecule has 10 nitrogen and oxygen atoms in total. The third-order valence-electron chi connectivity index (χ3n) is 5.48. The fraction of sp³-hybridized carbons (Fsp3) is 0.824. The van der Waals surface area contributed by atoms with E-state index in [4.69, 9.17) is 18.9 Å². The first-order chi connectivity index (χ1) is 12.7. The molecule has 2 aliphatic heterocycles. The number of carbonyl (C=O) groups excluding carboxylic acids is 1. The lowest BCUT2D eigenvalue weighted by Crippen LogP contribution is -2.60. The summed E-state index contributed by atoms with van der Waals surface area (Å²) in [4.78, 5) is 11.5. The van der Waals surface area contributed by atoms with Crippen LogP contribution in [0.15, 0.2) is 12.3 Å². The molecule has 0 radical (unpaired) electrons. The summed E-state index contributed by atoms with van der Waals surface area (Å²) in [5.74, 6) is -1.54. The summed E-state index contributed by atoms with van der Waals surface area (Å²) in [5.41, 5.74) is -1.08. The molecule has 0 aromatic rings. The van der Waals surface area contributed by atoms with Crippen LogP contribution in [0.4, 0.5) is 0 Å². The van der Waals surface area contributed by atoms with Crippen molar-refractivity contribution in [3.63, 3.8) is 0 Å². The molecule has 3 aliphatic rings. The molecule has 27 heavy (non-hydrogen) atoms. The minimum Gasteiger partial charge on any atom is -0.472 e. The summed E-state index contributed by atoms with van der Waals surface area (Å²) in [5, 5.41) is 49.6. The summed E-state index contributed by atoms with van der Waals surface area (Å²) in [7, 11) is 0. The van der Waals surface area contributed by atoms with Crippen molar-refractivity contribution in [2.45, 2.75) is 69.0 Å². The Morgan fingerprint density at radius 1 is 1.19 bits per heavy atom. The van der Waals surface area contributed by atoms with Gasteiger partial charge >= 0.3 is 5.97 Å². The minimum absolute atomic E-state index is 0.171. The molecule has 1 saturated heterocycles. The fourth-order valence-corrected chi connectivity index (χ4v) is 4.22. The monoisotopic (exact) mass is 390 g/mol. The highest BCUT2D eigenvalue weighted by Crippen LogP contribution is 2.48. The average molecular weight is 390 g/mol. The predicted molar refractivity (Wildman–Crippen MR) is 86.6 cm³/mol. The molecule has 10 atom stereocenters. The van der Waals surface area contributed by atoms with E-state index in [-0.39, 0.29) is 6.42 Å². The van der Waals surface area contributed by atoms with Crippen molar-refractivity contribution >= 4 is 5.97 Å². The van der Waals surface area contributed by atoms with Gasteiger partial charge in [0, 0.05) is 19.3 Å². The third kappa shape index (κ3) is 3.70. The van der Waals surface area contributed by atoms with Gasteiger partial charge in [0.15, 0.2) is 6.29 Å². The van der Waals surface area contributed by atoms with Gasteiger partial charge < -0.3 is 44.5 Å². The Balaban J connectivity index is 1.81. The van der Waals surface area contributed by atoms with E-state index in [0.717, 1.165) is 0 Å². The first kappa shape index (κ1) is 20.5. The van der Waals surface area contributed by atoms with Crippen LogP contribution in [0.5, 0.6) is 0 Å². The highest BCUT2D eigenvalue weighted by Gasteiger charge is 2.58. The minimum atomic E-state index is -1.60. The van der Waals surface area contributed by atoms with Crippen LogP contribution in [-0.4, -0.2) is 86.8 Å². The number of aliphatic hydroxyl groups is 5. The molecule has 0 amide bonds. The summed E-state index contributed by atoms with van der Waals surface area (Å²) in [6, 6.07) is 0. The molecule has 0 unspecified atom stereocenters. The number of fused-ring (bicyclic) bond motifs is 1. The normalized spacial score (nSPS) is 49.4. The largest absolute Gasteiger partial charge is 0.472 e. The van der Waals surface area contributed by atoms with E-state index in [9.17, 15) is 30.3 Å². The zero-order valence-electron chi connectivity index (χ0n) is 15.0. The predicted octanol–water partition coefficient (Wildman–Crippen LogP) is -2.01. The quantitative estimate of drug-likeness (QED) is 0.340. The number of hydrogen-bond acceptors (Lipinski definition) is 10. The zero-order valence-corrected chi connectivity index (χ0v) is 15.0. The third-order valence-corrected chi connectivity index (χ3v) is 5.48. The molecule has 10 heteroatoms. The Hall–Kier alpha value is -1.27. The van der Waals surface area contributed by atoms with E-state index in [1.807, 2.05) is 0 Å². The molecule has 1 aliphatic carbocycles. The number of rotatable bonds is 4. The topological polar surface area (TPSA) is 155 Å². The number of aliphatic hydroxyl groups excluding tert-OH is 5. The van der Waals surface area contributed by atoms with Crippen molar-refractivity contribution in [3.8, 4) is 0 Å². The van der Waals surface area contributed by atoms with Crippen LogP contribution in [0.2, 0.25) is 0 Å². The molecule has 2 fully saturated rings. The lowest BCUT2D eigenvalue weighted by molar-refractivity contribution is -0.346. The van der Waals surface area contributed by atoms with E-state index in [1.165, 1.54) is 13.2 Å². The van der Waals surface area contributed by atoms with Crippen molar-refractivity contribution in [2.24, 2.45) is 11.8 Å². The molecule has 3 rings (SSSR count). The van der Waals surface area contributed by atoms with E-state index in [1.54, 1.807) is 13.0 Å². The molecule has 1 saturated carbocycles. The van der Waals surface area contributed by atoms with Crippen LogP contribution in [0.25, 0.3) is 0 Å². The smallest absolute Gasteiger partial charge is 0.303 e. The standard InChI is InChI=1S/C17H26O10/c1-7(19)27-17(2)5-9(20)8-3-4-24-15(11(8)17)26-16-14(23)13(22)12(21)10(6-18)25-16/h3-4,8-16,18,20-23H,5-6H2,1-2H3/t8-,9+,10-,11+,12-,13+,14-,15-,16+,17-/m1/s1. The lowest BCUT2D eigenvalue weighted by Gasteiger charge is -2.44. The van der Waals surface area contributed by atoms with Gasteiger partial charge in [-0.2, -0.15) is 0 Å². The summed E-state index contributed by atoms with van der Waals surface area (Å²) in [6.45, 7) is 2.33. The highest BCUT2D eigenvalue weighted by molar-refractivity contribution is 5.66. The number of carbonyl (C=O) groups is 1. The van der Waals surface area contributed by atoms with Gasteiger partial charge in [0.2, 0.25) is 6.29 Å². The van der Waals surface area contributed by atoms with Crippen LogP contribution in [0.1, 0.15) is 20.3 Å². The number of esters is 1. The van der Waals surface area contributed by atoms with E-state index >= 15 is 0 Å². The van der Waals surface area contributed by atoms with Gasteiger partial charge in [-0.15, -0.1) is 0 Å². The Labute approximate surface area is 155 Å². The van der Waals surface area contributed by atoms with E-state index in [0.29, 0.717) is 0 Å². The van der Waals surface area contributed by atoms with Crippen LogP contribution in [0.3, 0.4) is 0 Å². The average Bonchev–Trinajstić information content (AvgIpc) is 2.86. The van der Waals surface area contributed by atoms with Gasteiger partial charge in [-0.05, 0) is 13.0 Å². The fourth-order valence-electron chi connectivity index (χ4n) is 4.22. The van der Waals surface area contributed by atoms with Gasteiger partial charge in [0.05, 0.1) is 24.9 Å². The van der Waals surface area contributed by atoms with Crippen molar-refractivity contribution in [2.75, 3.05) is 6.61 Å². The summed E-state index contributed by atoms with van der Waals surface area (Å²) < 4.78 is 22.0. The van der Waals surface area contributed by atoms with Crippen LogP contribution >= 0.6 is 0 Å². The SMILES string of the molecule is CC(=O)O[C@]1(C)C[C@H](O)[C@H]2C=CO[C@H](O[C@@H]3O[C@H](CO)[C@@H](O)[C@H](O)[C@H]3O)[C@H]21. The first-order valence-corrected chi connectivity index (χ1v) is 8.83. The molecule has 2 heterocycles. The van der Waals surface area contributed by atoms with Crippen molar-refractivity contribution in [1.29, 1.82) is 0 Å². The maximum Gasteiger partial charge on any atom is 0.303 e. The van der Waals surface area contributed by atoms with Gasteiger partial charge in [-0.1, -0.05) is 0 Å². The second kappa shape index (κ2) is 7.63. The molecule has 0 aromatic heterocycles. The molecule has 154 valence electrons. The van der Waals surface area contributed by atoms with Gasteiger partial charge in [0.1, 0.15) is 30.0 Å². The van der Waals surface area contributed by atoms with Crippen LogP contribution < -0.4 is 0 Å². The summed E-state index contributed by atoms with van der Waals surface area (Å²) >= 11 is 0. The van der Waals surface area contributed by atoms with Crippen LogP contribution in [0, 0.1) is 11.8 Å². The van der Waals surface area contributed by atoms with Crippen molar-refractivity contribution in [3.05, 3.63) is 12.3 Å². The number of hydrogen-bond donors (Lipinski definition) is 5. The van der Waals surface area contributed by atoms with Crippen molar-refractivity contribution < 1.29 is 49.3 Å². The second-order valence-electron chi connectivity index (χ2n) is 7.45. The maximum atomic E-state index is 11.5. The lowest BCUT2D eigenvalue weighted by atomic mass is 9.84. The highest BCUT2D eigenvalue weighted by atomic mass is 16.8. The molecular formula is C17H26O10. The molecule has 0 spiro atoms. The Bertz CT molecular complexity index is 580. The van der Waals surface area contributed by atoms with E-state index in [2.05, 4.69) is 0 Å². The Morgan fingerprint density at radius 3 is 2.52 bits per heavy atom. The van der Waals surface area contributed by atoms with Gasteiger partial charge in [-0.25, -0.2) is 0 Å². The summed E-state index contributed by atoms with van der Waals surface area (Å²) in [6.07, 6.45) is -5.92.